The molecule has 1 aliphatic rings. The number of hydrogen-bond donors (Lipinski definition) is 4. The van der Waals surface area contributed by atoms with Crippen LogP contribution in [0.5, 0.6) is 0 Å². The fourth-order valence-corrected chi connectivity index (χ4v) is 1.74. The summed E-state index contributed by atoms with van der Waals surface area (Å²) in [7, 11) is 0. The van der Waals surface area contributed by atoms with E-state index < -0.39 is 12.2 Å². The summed E-state index contributed by atoms with van der Waals surface area (Å²) in [4.78, 5) is 5.90. The molecule has 0 amide bonds. The van der Waals surface area contributed by atoms with Gasteiger partial charge in [-0.2, -0.15) is 0 Å². The molecule has 1 saturated heterocycles. The molecule has 0 aromatic carbocycles. The van der Waals surface area contributed by atoms with E-state index in [1.807, 2.05) is 0 Å². The second-order valence-electron chi connectivity index (χ2n) is 3.93. The maximum Gasteiger partial charge on any atom is 0.171 e. The molecule has 0 bridgehead atoms. The quantitative estimate of drug-likeness (QED) is 0.221. The second kappa shape index (κ2) is 4.56. The van der Waals surface area contributed by atoms with Gasteiger partial charge in [-0.05, 0) is 12.1 Å². The van der Waals surface area contributed by atoms with Crippen LogP contribution in [0.15, 0.2) is 23.5 Å². The molecule has 2 rings (SSSR count). The maximum atomic E-state index is 9.42. The molecule has 7 heteroatoms. The average Bonchev–Trinajstić information content (AvgIpc) is 2.69. The third-order valence-electron chi connectivity index (χ3n) is 2.73. The number of anilines is 1. The van der Waals surface area contributed by atoms with Crippen molar-refractivity contribution < 1.29 is 15.4 Å². The van der Waals surface area contributed by atoms with Gasteiger partial charge in [0.15, 0.2) is 5.84 Å². The predicted octanol–water partition coefficient (Wildman–Crippen LogP) is -1.28. The zero-order valence-corrected chi connectivity index (χ0v) is 9.06. The summed E-state index contributed by atoms with van der Waals surface area (Å²) in [5.41, 5.74) is 5.92. The van der Waals surface area contributed by atoms with Gasteiger partial charge < -0.3 is 26.1 Å². The Bertz CT molecular complexity index is 410. The number of hydrogen-bond acceptors (Lipinski definition) is 6. The number of β-amino-alcohol motifs (C(OH)–C–C–N with tert-alkyl or cyclic N) is 2. The van der Waals surface area contributed by atoms with E-state index >= 15 is 0 Å². The fraction of sp³-hybridized carbons (Fsp3) is 0.400. The fourth-order valence-electron chi connectivity index (χ4n) is 1.74. The maximum absolute atomic E-state index is 9.42. The van der Waals surface area contributed by atoms with Gasteiger partial charge in [0.2, 0.25) is 0 Å². The number of nitrogens with zero attached hydrogens (tertiary/aromatic N) is 3. The van der Waals surface area contributed by atoms with Crippen molar-refractivity contribution in [2.75, 3.05) is 18.0 Å². The molecule has 7 nitrogen and oxygen atoms in total. The van der Waals surface area contributed by atoms with Crippen LogP contribution in [0, 0.1) is 0 Å². The van der Waals surface area contributed by atoms with Crippen LogP contribution >= 0.6 is 0 Å². The molecule has 0 aliphatic carbocycles. The minimum Gasteiger partial charge on any atom is -0.409 e. The molecular formula is C10H14N4O3. The topological polar surface area (TPSA) is 115 Å². The minimum absolute atomic E-state index is 0.00876. The Kier molecular flexibility index (Phi) is 3.12. The molecule has 5 N–H and O–H groups in total. The van der Waals surface area contributed by atoms with Crippen LogP contribution in [0.3, 0.4) is 0 Å². The lowest BCUT2D eigenvalue weighted by atomic mass is 10.2. The number of oxime groups is 1. The van der Waals surface area contributed by atoms with Crippen molar-refractivity contribution in [2.24, 2.45) is 10.9 Å². The van der Waals surface area contributed by atoms with E-state index in [2.05, 4.69) is 10.1 Å². The van der Waals surface area contributed by atoms with Crippen molar-refractivity contribution in [2.45, 2.75) is 12.2 Å². The number of nitrogens with two attached hydrogens (primary N) is 1. The first-order chi connectivity index (χ1) is 8.11. The molecule has 1 aliphatic heterocycles. The van der Waals surface area contributed by atoms with Crippen molar-refractivity contribution in [3.63, 3.8) is 0 Å². The molecule has 2 heterocycles. The van der Waals surface area contributed by atoms with Crippen molar-refractivity contribution in [3.05, 3.63) is 23.9 Å². The minimum atomic E-state index is -0.749. The Balaban J connectivity index is 2.14. The van der Waals surface area contributed by atoms with Crippen molar-refractivity contribution >= 4 is 11.7 Å². The van der Waals surface area contributed by atoms with Gasteiger partial charge in [-0.1, -0.05) is 5.16 Å². The summed E-state index contributed by atoms with van der Waals surface area (Å²) >= 11 is 0. The van der Waals surface area contributed by atoms with Gasteiger partial charge in [-0.25, -0.2) is 4.98 Å². The molecule has 0 radical (unpaired) electrons. The Labute approximate surface area is 97.8 Å². The summed E-state index contributed by atoms with van der Waals surface area (Å²) in [6, 6.07) is 3.35. The molecule has 0 spiro atoms. The lowest BCUT2D eigenvalue weighted by molar-refractivity contribution is 0.0572. The van der Waals surface area contributed by atoms with Crippen molar-refractivity contribution in [3.8, 4) is 0 Å². The summed E-state index contributed by atoms with van der Waals surface area (Å²) in [6.45, 7) is 0.689. The smallest absolute Gasteiger partial charge is 0.171 e. The molecule has 1 fully saturated rings. The van der Waals surface area contributed by atoms with Gasteiger partial charge in [0, 0.05) is 24.8 Å². The highest BCUT2D eigenvalue weighted by molar-refractivity contribution is 5.96. The van der Waals surface area contributed by atoms with Crippen LogP contribution in [-0.2, 0) is 0 Å². The molecule has 2 atom stereocenters. The highest BCUT2D eigenvalue weighted by Gasteiger charge is 2.30. The number of aliphatic hydroxyl groups excluding tert-OH is 2. The first-order valence-corrected chi connectivity index (χ1v) is 5.17. The van der Waals surface area contributed by atoms with Crippen LogP contribution < -0.4 is 10.6 Å². The standard InChI is InChI=1S/C10H14N4O3/c11-10(13-17)6-1-2-9(12-3-6)14-4-7(15)8(16)5-14/h1-3,7-8,15-17H,4-5H2,(H2,11,13). The number of aliphatic hydroxyl groups is 2. The van der Waals surface area contributed by atoms with Crippen LogP contribution in [0.1, 0.15) is 5.56 Å². The van der Waals surface area contributed by atoms with Crippen LogP contribution in [0.4, 0.5) is 5.82 Å². The first kappa shape index (κ1) is 11.6. The summed E-state index contributed by atoms with van der Waals surface area (Å²) in [5.74, 6) is 0.626. The van der Waals surface area contributed by atoms with Gasteiger partial charge in [-0.3, -0.25) is 0 Å². The first-order valence-electron chi connectivity index (χ1n) is 5.17. The van der Waals surface area contributed by atoms with E-state index in [9.17, 15) is 10.2 Å². The summed E-state index contributed by atoms with van der Waals surface area (Å²) in [6.07, 6.45) is -0.0253. The highest BCUT2D eigenvalue weighted by Crippen LogP contribution is 2.18. The van der Waals surface area contributed by atoms with E-state index in [0.717, 1.165) is 0 Å². The van der Waals surface area contributed by atoms with Crippen LogP contribution in [-0.4, -0.2) is 51.5 Å². The Morgan fingerprint density at radius 2 is 2.00 bits per heavy atom. The highest BCUT2D eigenvalue weighted by atomic mass is 16.4. The SMILES string of the molecule is N/C(=N/O)c1ccc(N2CC(O)C(O)C2)nc1. The number of pyridine rings is 1. The molecule has 17 heavy (non-hydrogen) atoms. The molecule has 1 aromatic rings. The Morgan fingerprint density at radius 3 is 2.47 bits per heavy atom. The monoisotopic (exact) mass is 238 g/mol. The van der Waals surface area contributed by atoms with Crippen molar-refractivity contribution in [1.29, 1.82) is 0 Å². The summed E-state index contributed by atoms with van der Waals surface area (Å²) in [5, 5.41) is 30.2. The van der Waals surface area contributed by atoms with Gasteiger partial charge >= 0.3 is 0 Å². The van der Waals surface area contributed by atoms with Crippen molar-refractivity contribution in [1.82, 2.24) is 4.98 Å². The third kappa shape index (κ3) is 2.29. The predicted molar refractivity (Wildman–Crippen MR) is 61.0 cm³/mol. The lowest BCUT2D eigenvalue weighted by Crippen LogP contribution is -2.22. The summed E-state index contributed by atoms with van der Waals surface area (Å²) < 4.78 is 0. The van der Waals surface area contributed by atoms with Crippen LogP contribution in [0.25, 0.3) is 0 Å². The van der Waals surface area contributed by atoms with E-state index in [1.165, 1.54) is 6.20 Å². The normalized spacial score (nSPS) is 25.3. The number of rotatable bonds is 2. The zero-order chi connectivity index (χ0) is 12.4. The van der Waals surface area contributed by atoms with Crippen LogP contribution in [0.2, 0.25) is 0 Å². The average molecular weight is 238 g/mol. The van der Waals surface area contributed by atoms with E-state index in [1.54, 1.807) is 17.0 Å². The van der Waals surface area contributed by atoms with Gasteiger partial charge in [0.1, 0.15) is 5.82 Å². The van der Waals surface area contributed by atoms with Gasteiger partial charge in [0.05, 0.1) is 12.2 Å². The van der Waals surface area contributed by atoms with E-state index in [0.29, 0.717) is 24.5 Å². The lowest BCUT2D eigenvalue weighted by Gasteiger charge is -2.16. The Morgan fingerprint density at radius 1 is 1.35 bits per heavy atom. The van der Waals surface area contributed by atoms with Gasteiger partial charge in [0.25, 0.3) is 0 Å². The number of amidine groups is 1. The molecule has 92 valence electrons. The molecule has 0 saturated carbocycles. The van der Waals surface area contributed by atoms with Gasteiger partial charge in [-0.15, -0.1) is 0 Å². The molecular weight excluding hydrogens is 224 g/mol. The molecule has 2 unspecified atom stereocenters. The number of aromatic nitrogens is 1. The third-order valence-corrected chi connectivity index (χ3v) is 2.73. The van der Waals surface area contributed by atoms with E-state index in [-0.39, 0.29) is 5.84 Å². The zero-order valence-electron chi connectivity index (χ0n) is 9.06. The molecule has 1 aromatic heterocycles. The second-order valence-corrected chi connectivity index (χ2v) is 3.93. The van der Waals surface area contributed by atoms with E-state index in [4.69, 9.17) is 10.9 Å². The Hall–Kier alpha value is -1.86. The largest absolute Gasteiger partial charge is 0.409 e.